The van der Waals surface area contributed by atoms with E-state index in [1.54, 1.807) is 12.4 Å². The maximum absolute atomic E-state index is 11.9. The summed E-state index contributed by atoms with van der Waals surface area (Å²) in [5.74, 6) is 0.650. The fourth-order valence-electron chi connectivity index (χ4n) is 1.68. The molecule has 0 saturated heterocycles. The van der Waals surface area contributed by atoms with Crippen LogP contribution in [0.25, 0.3) is 0 Å². The zero-order valence-corrected chi connectivity index (χ0v) is 10.3. The molecule has 1 heterocycles. The fraction of sp³-hybridized carbons (Fsp3) is 0.583. The molecule has 5 heteroatoms. The zero-order chi connectivity index (χ0) is 12.7. The van der Waals surface area contributed by atoms with Gasteiger partial charge in [-0.2, -0.15) is 5.26 Å². The third-order valence-electron chi connectivity index (χ3n) is 3.06. The molecule has 0 saturated carbocycles. The average molecular weight is 234 g/mol. The molecule has 1 amide bonds. The van der Waals surface area contributed by atoms with E-state index in [-0.39, 0.29) is 5.91 Å². The van der Waals surface area contributed by atoms with Crippen LogP contribution in [0.3, 0.4) is 0 Å². The number of imidazole rings is 1. The lowest BCUT2D eigenvalue weighted by Gasteiger charge is -2.21. The molecule has 1 aromatic heterocycles. The van der Waals surface area contributed by atoms with Crippen molar-refractivity contribution in [3.63, 3.8) is 0 Å². The Hall–Kier alpha value is -1.83. The molecule has 0 fully saturated rings. The van der Waals surface area contributed by atoms with Crippen molar-refractivity contribution in [3.8, 4) is 6.07 Å². The number of carbonyl (C=O) groups is 1. The van der Waals surface area contributed by atoms with Crippen molar-refractivity contribution in [3.05, 3.63) is 18.2 Å². The number of amides is 1. The van der Waals surface area contributed by atoms with Gasteiger partial charge in [0.2, 0.25) is 5.91 Å². The summed E-state index contributed by atoms with van der Waals surface area (Å²) in [5.41, 5.74) is -0.886. The summed E-state index contributed by atoms with van der Waals surface area (Å²) in [6.45, 7) is 4.22. The Morgan fingerprint density at radius 3 is 2.76 bits per heavy atom. The Labute approximate surface area is 101 Å². The molecule has 0 aromatic carbocycles. The van der Waals surface area contributed by atoms with Crippen LogP contribution in [0.15, 0.2) is 12.4 Å². The number of aromatic amines is 1. The summed E-state index contributed by atoms with van der Waals surface area (Å²) in [6.07, 6.45) is 5.14. The van der Waals surface area contributed by atoms with Crippen LogP contribution in [0.5, 0.6) is 0 Å². The molecule has 2 N–H and O–H groups in total. The predicted octanol–water partition coefficient (Wildman–Crippen LogP) is 1.40. The molecule has 0 aliphatic heterocycles. The van der Waals surface area contributed by atoms with Crippen LogP contribution < -0.4 is 5.32 Å². The van der Waals surface area contributed by atoms with Gasteiger partial charge in [-0.25, -0.2) is 4.98 Å². The van der Waals surface area contributed by atoms with Crippen LogP contribution in [-0.2, 0) is 11.2 Å². The number of carbonyl (C=O) groups excluding carboxylic acids is 1. The Morgan fingerprint density at radius 2 is 2.29 bits per heavy atom. The highest BCUT2D eigenvalue weighted by atomic mass is 16.2. The van der Waals surface area contributed by atoms with E-state index in [1.807, 2.05) is 13.8 Å². The van der Waals surface area contributed by atoms with Gasteiger partial charge in [-0.3, -0.25) is 4.79 Å². The fourth-order valence-corrected chi connectivity index (χ4v) is 1.68. The number of hydrogen-bond acceptors (Lipinski definition) is 3. The molecule has 0 aliphatic carbocycles. The number of hydrogen-bond donors (Lipinski definition) is 2. The highest BCUT2D eigenvalue weighted by molar-refractivity contribution is 5.85. The molecular weight excluding hydrogens is 216 g/mol. The van der Waals surface area contributed by atoms with Gasteiger partial charge in [0, 0.05) is 25.4 Å². The van der Waals surface area contributed by atoms with Gasteiger partial charge in [0.1, 0.15) is 11.2 Å². The van der Waals surface area contributed by atoms with Crippen molar-refractivity contribution in [1.29, 1.82) is 5.26 Å². The molecule has 5 nitrogen and oxygen atoms in total. The molecule has 17 heavy (non-hydrogen) atoms. The second kappa shape index (κ2) is 6.04. The molecule has 1 aromatic rings. The van der Waals surface area contributed by atoms with E-state index < -0.39 is 5.41 Å². The van der Waals surface area contributed by atoms with Crippen molar-refractivity contribution in [2.45, 2.75) is 33.1 Å². The summed E-state index contributed by atoms with van der Waals surface area (Å²) in [5, 5.41) is 11.9. The Balaban J connectivity index is 2.46. The minimum absolute atomic E-state index is 0.184. The van der Waals surface area contributed by atoms with E-state index in [9.17, 15) is 4.79 Å². The second-order valence-corrected chi connectivity index (χ2v) is 3.94. The van der Waals surface area contributed by atoms with Crippen molar-refractivity contribution in [2.75, 3.05) is 6.54 Å². The SMILES string of the molecule is CCC(C#N)(CC)C(=O)NCCc1ncc[nH]1. The molecule has 0 spiro atoms. The number of nitriles is 1. The third kappa shape index (κ3) is 3.06. The summed E-state index contributed by atoms with van der Waals surface area (Å²) in [6, 6.07) is 2.12. The number of nitrogens with zero attached hydrogens (tertiary/aromatic N) is 2. The Kier molecular flexibility index (Phi) is 4.70. The molecule has 0 bridgehead atoms. The first-order valence-corrected chi connectivity index (χ1v) is 5.86. The maximum atomic E-state index is 11.9. The van der Waals surface area contributed by atoms with Crippen molar-refractivity contribution in [1.82, 2.24) is 15.3 Å². The lowest BCUT2D eigenvalue weighted by molar-refractivity contribution is -0.128. The topological polar surface area (TPSA) is 81.6 Å². The summed E-state index contributed by atoms with van der Waals surface area (Å²) in [4.78, 5) is 19.0. The van der Waals surface area contributed by atoms with Gasteiger partial charge in [-0.15, -0.1) is 0 Å². The highest BCUT2D eigenvalue weighted by Crippen LogP contribution is 2.25. The average Bonchev–Trinajstić information content (AvgIpc) is 2.85. The van der Waals surface area contributed by atoms with Gasteiger partial charge in [-0.05, 0) is 12.8 Å². The first kappa shape index (κ1) is 13.2. The second-order valence-electron chi connectivity index (χ2n) is 3.94. The third-order valence-corrected chi connectivity index (χ3v) is 3.06. The largest absolute Gasteiger partial charge is 0.354 e. The van der Waals surface area contributed by atoms with E-state index in [2.05, 4.69) is 21.4 Å². The van der Waals surface area contributed by atoms with Crippen molar-refractivity contribution < 1.29 is 4.79 Å². The van der Waals surface area contributed by atoms with Crippen LogP contribution in [0.1, 0.15) is 32.5 Å². The molecular formula is C12H18N4O. The lowest BCUT2D eigenvalue weighted by Crippen LogP contribution is -2.40. The minimum Gasteiger partial charge on any atom is -0.354 e. The lowest BCUT2D eigenvalue weighted by atomic mass is 9.83. The van der Waals surface area contributed by atoms with Crippen LogP contribution >= 0.6 is 0 Å². The van der Waals surface area contributed by atoms with Gasteiger partial charge in [0.25, 0.3) is 0 Å². The number of aromatic nitrogens is 2. The van der Waals surface area contributed by atoms with Gasteiger partial charge in [0.05, 0.1) is 6.07 Å². The predicted molar refractivity (Wildman–Crippen MR) is 63.9 cm³/mol. The van der Waals surface area contributed by atoms with E-state index >= 15 is 0 Å². The van der Waals surface area contributed by atoms with Crippen molar-refractivity contribution in [2.24, 2.45) is 5.41 Å². The number of H-pyrrole nitrogens is 1. The van der Waals surface area contributed by atoms with Gasteiger partial charge in [0.15, 0.2) is 0 Å². The van der Waals surface area contributed by atoms with Crippen LogP contribution in [0.2, 0.25) is 0 Å². The summed E-state index contributed by atoms with van der Waals surface area (Å²) in [7, 11) is 0. The molecule has 0 radical (unpaired) electrons. The summed E-state index contributed by atoms with van der Waals surface area (Å²) >= 11 is 0. The Bertz CT molecular complexity index is 387. The first-order valence-electron chi connectivity index (χ1n) is 5.86. The number of rotatable bonds is 6. The first-order chi connectivity index (χ1) is 8.18. The summed E-state index contributed by atoms with van der Waals surface area (Å²) < 4.78 is 0. The van der Waals surface area contributed by atoms with Gasteiger partial charge < -0.3 is 10.3 Å². The maximum Gasteiger partial charge on any atom is 0.240 e. The Morgan fingerprint density at radius 1 is 1.59 bits per heavy atom. The molecule has 0 aliphatic rings. The quantitative estimate of drug-likeness (QED) is 0.780. The highest BCUT2D eigenvalue weighted by Gasteiger charge is 2.34. The minimum atomic E-state index is -0.886. The van der Waals surface area contributed by atoms with Crippen molar-refractivity contribution >= 4 is 5.91 Å². The molecule has 92 valence electrons. The van der Waals surface area contributed by atoms with E-state index in [0.29, 0.717) is 25.8 Å². The molecule has 0 atom stereocenters. The molecule has 1 rings (SSSR count). The molecule has 0 unspecified atom stereocenters. The van der Waals surface area contributed by atoms with Crippen LogP contribution in [0.4, 0.5) is 0 Å². The zero-order valence-electron chi connectivity index (χ0n) is 10.3. The van der Waals surface area contributed by atoms with Gasteiger partial charge in [-0.1, -0.05) is 13.8 Å². The van der Waals surface area contributed by atoms with Crippen LogP contribution in [-0.4, -0.2) is 22.4 Å². The van der Waals surface area contributed by atoms with Gasteiger partial charge >= 0.3 is 0 Å². The van der Waals surface area contributed by atoms with Crippen LogP contribution in [0, 0.1) is 16.7 Å². The standard InChI is InChI=1S/C12H18N4O/c1-3-12(4-2,9-13)11(17)16-6-5-10-14-7-8-15-10/h7-8H,3-6H2,1-2H3,(H,14,15)(H,16,17). The monoisotopic (exact) mass is 234 g/mol. The van der Waals surface area contributed by atoms with E-state index in [0.717, 1.165) is 5.82 Å². The number of nitrogens with one attached hydrogen (secondary N) is 2. The smallest absolute Gasteiger partial charge is 0.240 e. The van der Waals surface area contributed by atoms with E-state index in [4.69, 9.17) is 5.26 Å². The van der Waals surface area contributed by atoms with E-state index in [1.165, 1.54) is 0 Å². The normalized spacial score (nSPS) is 10.9.